The van der Waals surface area contributed by atoms with Crippen LogP contribution in [0.5, 0.6) is 0 Å². The molecular formula is C18H25N5O. The van der Waals surface area contributed by atoms with Gasteiger partial charge in [0.25, 0.3) is 0 Å². The third-order valence-corrected chi connectivity index (χ3v) is 4.06. The molecule has 0 spiro atoms. The van der Waals surface area contributed by atoms with Crippen LogP contribution in [0, 0.1) is 5.92 Å². The molecule has 1 aliphatic heterocycles. The predicted molar refractivity (Wildman–Crippen MR) is 96.3 cm³/mol. The van der Waals surface area contributed by atoms with E-state index in [2.05, 4.69) is 26.8 Å². The van der Waals surface area contributed by atoms with Crippen molar-refractivity contribution in [2.75, 3.05) is 20.1 Å². The third-order valence-electron chi connectivity index (χ3n) is 4.06. The van der Waals surface area contributed by atoms with Crippen LogP contribution in [0.4, 0.5) is 0 Å². The predicted octanol–water partition coefficient (Wildman–Crippen LogP) is 2.27. The number of rotatable bonds is 5. The van der Waals surface area contributed by atoms with Crippen LogP contribution >= 0.6 is 0 Å². The molecular weight excluding hydrogens is 302 g/mol. The molecule has 0 aromatic carbocycles. The highest BCUT2D eigenvalue weighted by Gasteiger charge is 2.26. The average Bonchev–Trinajstić information content (AvgIpc) is 2.61. The smallest absolute Gasteiger partial charge is 0.222 e. The lowest BCUT2D eigenvalue weighted by molar-refractivity contribution is -0.125. The molecule has 1 aliphatic rings. The molecule has 0 radical (unpaired) electrons. The summed E-state index contributed by atoms with van der Waals surface area (Å²) in [7, 11) is 1.69. The number of nitrogens with one attached hydrogen (secondary N) is 1. The molecule has 1 amide bonds. The fourth-order valence-corrected chi connectivity index (χ4v) is 2.85. The lowest BCUT2D eigenvalue weighted by Gasteiger charge is -2.34. The van der Waals surface area contributed by atoms with E-state index in [0.29, 0.717) is 0 Å². The number of likely N-dealkylation sites (tertiary alicyclic amines) is 1. The molecule has 0 unspecified atom stereocenters. The van der Waals surface area contributed by atoms with Crippen molar-refractivity contribution in [2.45, 2.75) is 26.7 Å². The van der Waals surface area contributed by atoms with E-state index in [9.17, 15) is 4.79 Å². The highest BCUT2D eigenvalue weighted by atomic mass is 16.1. The van der Waals surface area contributed by atoms with E-state index >= 15 is 0 Å². The SMILES string of the molecule is C=C/C(=C(\N=C(C)C)N1CCC(C(=O)NC)CC1)c1cncnc1. The summed E-state index contributed by atoms with van der Waals surface area (Å²) in [5.41, 5.74) is 2.77. The van der Waals surface area contributed by atoms with E-state index in [1.165, 1.54) is 6.33 Å². The molecule has 1 saturated heterocycles. The Balaban J connectivity index is 2.33. The summed E-state index contributed by atoms with van der Waals surface area (Å²) in [5.74, 6) is 1.07. The maximum Gasteiger partial charge on any atom is 0.222 e. The van der Waals surface area contributed by atoms with Crippen molar-refractivity contribution >= 4 is 17.2 Å². The van der Waals surface area contributed by atoms with Gasteiger partial charge in [0.1, 0.15) is 12.1 Å². The van der Waals surface area contributed by atoms with Crippen molar-refractivity contribution < 1.29 is 4.79 Å². The Labute approximate surface area is 143 Å². The van der Waals surface area contributed by atoms with Crippen molar-refractivity contribution in [3.63, 3.8) is 0 Å². The van der Waals surface area contributed by atoms with Crippen molar-refractivity contribution in [2.24, 2.45) is 10.9 Å². The van der Waals surface area contributed by atoms with Crippen LogP contribution in [0.1, 0.15) is 32.3 Å². The number of allylic oxidation sites excluding steroid dienone is 2. The van der Waals surface area contributed by atoms with E-state index < -0.39 is 0 Å². The van der Waals surface area contributed by atoms with Crippen LogP contribution in [0.25, 0.3) is 5.57 Å². The minimum Gasteiger partial charge on any atom is -0.359 e. The van der Waals surface area contributed by atoms with Crippen LogP contribution in [0.3, 0.4) is 0 Å². The molecule has 1 fully saturated rings. The van der Waals surface area contributed by atoms with E-state index in [0.717, 1.165) is 48.6 Å². The maximum absolute atomic E-state index is 11.8. The number of amides is 1. The van der Waals surface area contributed by atoms with Crippen molar-refractivity contribution in [3.8, 4) is 0 Å². The van der Waals surface area contributed by atoms with Crippen LogP contribution < -0.4 is 5.32 Å². The van der Waals surface area contributed by atoms with Gasteiger partial charge in [0.2, 0.25) is 5.91 Å². The van der Waals surface area contributed by atoms with E-state index in [1.807, 2.05) is 13.8 Å². The molecule has 0 saturated carbocycles. The monoisotopic (exact) mass is 327 g/mol. The zero-order valence-electron chi connectivity index (χ0n) is 14.6. The van der Waals surface area contributed by atoms with Crippen LogP contribution in [-0.2, 0) is 4.79 Å². The first kappa shape index (κ1) is 17.8. The third kappa shape index (κ3) is 4.28. The number of carbonyl (C=O) groups excluding carboxylic acids is 1. The second kappa shape index (κ2) is 8.38. The highest BCUT2D eigenvalue weighted by Crippen LogP contribution is 2.27. The minimum absolute atomic E-state index is 0.0754. The Morgan fingerprint density at radius 1 is 1.33 bits per heavy atom. The number of aromatic nitrogens is 2. The van der Waals surface area contributed by atoms with Gasteiger partial charge in [-0.15, -0.1) is 0 Å². The lowest BCUT2D eigenvalue weighted by atomic mass is 9.95. The standard InChI is InChI=1S/C18H25N5O/c1-5-16(15-10-20-12-21-11-15)17(22-13(2)3)23-8-6-14(7-9-23)18(24)19-4/h5,10-12,14H,1,6-9H2,2-4H3,(H,19,24)/b17-16-. The molecule has 0 atom stereocenters. The Bertz CT molecular complexity index is 639. The summed E-state index contributed by atoms with van der Waals surface area (Å²) in [5, 5.41) is 2.74. The highest BCUT2D eigenvalue weighted by molar-refractivity contribution is 5.83. The van der Waals surface area contributed by atoms with E-state index in [1.54, 1.807) is 25.5 Å². The average molecular weight is 327 g/mol. The molecule has 0 aliphatic carbocycles. The molecule has 6 nitrogen and oxygen atoms in total. The molecule has 0 bridgehead atoms. The largest absolute Gasteiger partial charge is 0.359 e. The fourth-order valence-electron chi connectivity index (χ4n) is 2.85. The van der Waals surface area contributed by atoms with Gasteiger partial charge in [0.05, 0.1) is 0 Å². The van der Waals surface area contributed by atoms with Gasteiger partial charge in [0, 0.05) is 55.3 Å². The van der Waals surface area contributed by atoms with Gasteiger partial charge < -0.3 is 10.2 Å². The maximum atomic E-state index is 11.8. The number of piperidine rings is 1. The van der Waals surface area contributed by atoms with Crippen molar-refractivity contribution in [1.29, 1.82) is 0 Å². The van der Waals surface area contributed by atoms with Crippen LogP contribution in [0.15, 0.2) is 42.2 Å². The summed E-state index contributed by atoms with van der Waals surface area (Å²) in [6.45, 7) is 9.46. The van der Waals surface area contributed by atoms with Crippen LogP contribution in [-0.4, -0.2) is 46.6 Å². The number of hydrogen-bond acceptors (Lipinski definition) is 5. The fraction of sp³-hybridized carbons (Fsp3) is 0.444. The second-order valence-corrected chi connectivity index (χ2v) is 6.00. The number of carbonyl (C=O) groups is 1. The Kier molecular flexibility index (Phi) is 6.23. The normalized spacial score (nSPS) is 16.2. The van der Waals surface area contributed by atoms with E-state index in [4.69, 9.17) is 4.99 Å². The summed E-state index contributed by atoms with van der Waals surface area (Å²) in [6.07, 6.45) is 8.47. The van der Waals surface area contributed by atoms with Crippen molar-refractivity contribution in [1.82, 2.24) is 20.2 Å². The summed E-state index contributed by atoms with van der Waals surface area (Å²) in [6, 6.07) is 0. The van der Waals surface area contributed by atoms with Gasteiger partial charge in [-0.1, -0.05) is 12.7 Å². The minimum atomic E-state index is 0.0754. The molecule has 2 rings (SSSR count). The molecule has 24 heavy (non-hydrogen) atoms. The Morgan fingerprint density at radius 2 is 1.96 bits per heavy atom. The van der Waals surface area contributed by atoms with Gasteiger partial charge in [-0.05, 0) is 26.7 Å². The quantitative estimate of drug-likeness (QED) is 0.665. The number of hydrogen-bond donors (Lipinski definition) is 1. The molecule has 1 N–H and O–H groups in total. The van der Waals surface area contributed by atoms with E-state index in [-0.39, 0.29) is 11.8 Å². The zero-order chi connectivity index (χ0) is 17.5. The molecule has 6 heteroatoms. The Hall–Kier alpha value is -2.50. The van der Waals surface area contributed by atoms with Crippen molar-refractivity contribution in [3.05, 3.63) is 42.8 Å². The zero-order valence-corrected chi connectivity index (χ0v) is 14.6. The lowest BCUT2D eigenvalue weighted by Crippen LogP contribution is -2.39. The molecule has 128 valence electrons. The Morgan fingerprint density at radius 3 is 2.46 bits per heavy atom. The summed E-state index contributed by atoms with van der Waals surface area (Å²) >= 11 is 0. The summed E-state index contributed by atoms with van der Waals surface area (Å²) < 4.78 is 0. The van der Waals surface area contributed by atoms with Crippen LogP contribution in [0.2, 0.25) is 0 Å². The van der Waals surface area contributed by atoms with Gasteiger partial charge in [-0.2, -0.15) is 0 Å². The molecule has 2 heterocycles. The molecule has 1 aromatic heterocycles. The number of nitrogens with zero attached hydrogens (tertiary/aromatic N) is 4. The first-order valence-electron chi connectivity index (χ1n) is 8.17. The second-order valence-electron chi connectivity index (χ2n) is 6.00. The van der Waals surface area contributed by atoms with Gasteiger partial charge in [0.15, 0.2) is 0 Å². The van der Waals surface area contributed by atoms with Gasteiger partial charge >= 0.3 is 0 Å². The van der Waals surface area contributed by atoms with Gasteiger partial charge in [-0.25, -0.2) is 15.0 Å². The molecule has 1 aromatic rings. The number of aliphatic imine (C=N–C) groups is 1. The first-order chi connectivity index (χ1) is 11.6. The topological polar surface area (TPSA) is 70.5 Å². The summed E-state index contributed by atoms with van der Waals surface area (Å²) in [4.78, 5) is 27.0. The first-order valence-corrected chi connectivity index (χ1v) is 8.17. The van der Waals surface area contributed by atoms with Gasteiger partial charge in [-0.3, -0.25) is 4.79 Å².